The van der Waals surface area contributed by atoms with Crippen LogP contribution in [0.4, 0.5) is 5.69 Å². The predicted molar refractivity (Wildman–Crippen MR) is 104 cm³/mol. The zero-order valence-corrected chi connectivity index (χ0v) is 14.5. The van der Waals surface area contributed by atoms with E-state index in [4.69, 9.17) is 4.99 Å². The molecule has 1 atom stereocenters. The monoisotopic (exact) mass is 329 g/mol. The van der Waals surface area contributed by atoms with E-state index in [1.165, 1.54) is 16.7 Å². The highest BCUT2D eigenvalue weighted by atomic mass is 32.2. The molecule has 3 aromatic rings. The lowest BCUT2D eigenvalue weighted by molar-refractivity contribution is 0.718. The summed E-state index contributed by atoms with van der Waals surface area (Å²) < 4.78 is -0.0501. The first-order chi connectivity index (χ1) is 11.8. The standard InChI is InChI=1S/C22H19NS/c1-2-22(17-11-5-3-6-12-17)20-16-10-9-15-19(20)21(24-22)23-18-13-7-4-8-14-18/h3-16H,2H2,1H3. The van der Waals surface area contributed by atoms with Crippen molar-refractivity contribution in [3.8, 4) is 0 Å². The number of nitrogens with zero attached hydrogens (tertiary/aromatic N) is 1. The van der Waals surface area contributed by atoms with Crippen LogP contribution < -0.4 is 0 Å². The highest BCUT2D eigenvalue weighted by Crippen LogP contribution is 2.54. The molecule has 2 heteroatoms. The third-order valence-corrected chi connectivity index (χ3v) is 6.19. The van der Waals surface area contributed by atoms with Crippen molar-refractivity contribution in [1.29, 1.82) is 0 Å². The average Bonchev–Trinajstić information content (AvgIpc) is 2.98. The number of rotatable bonds is 3. The summed E-state index contributed by atoms with van der Waals surface area (Å²) in [6.07, 6.45) is 1.03. The van der Waals surface area contributed by atoms with Gasteiger partial charge < -0.3 is 0 Å². The van der Waals surface area contributed by atoms with Crippen molar-refractivity contribution in [2.45, 2.75) is 18.1 Å². The Kier molecular flexibility index (Phi) is 3.99. The summed E-state index contributed by atoms with van der Waals surface area (Å²) in [4.78, 5) is 4.95. The zero-order chi connectivity index (χ0) is 16.4. The van der Waals surface area contributed by atoms with Crippen LogP contribution in [0, 0.1) is 0 Å². The van der Waals surface area contributed by atoms with Crippen molar-refractivity contribution >= 4 is 22.5 Å². The second-order valence-corrected chi connectivity index (χ2v) is 7.23. The highest BCUT2D eigenvalue weighted by molar-refractivity contribution is 8.15. The molecule has 1 nitrogen and oxygen atoms in total. The van der Waals surface area contributed by atoms with Crippen LogP contribution in [0.5, 0.6) is 0 Å². The average molecular weight is 329 g/mol. The van der Waals surface area contributed by atoms with Gasteiger partial charge >= 0.3 is 0 Å². The summed E-state index contributed by atoms with van der Waals surface area (Å²) in [5, 5.41) is 1.11. The van der Waals surface area contributed by atoms with Gasteiger partial charge in [-0.1, -0.05) is 91.5 Å². The minimum Gasteiger partial charge on any atom is -0.241 e. The summed E-state index contributed by atoms with van der Waals surface area (Å²) in [6.45, 7) is 2.27. The van der Waals surface area contributed by atoms with E-state index in [0.717, 1.165) is 17.2 Å². The Labute approximate surface area is 147 Å². The minimum atomic E-state index is -0.0501. The molecule has 4 rings (SSSR count). The van der Waals surface area contributed by atoms with E-state index in [1.807, 2.05) is 30.0 Å². The Morgan fingerprint density at radius 2 is 1.42 bits per heavy atom. The molecule has 24 heavy (non-hydrogen) atoms. The van der Waals surface area contributed by atoms with E-state index >= 15 is 0 Å². The number of aliphatic imine (C=N–C) groups is 1. The first-order valence-electron chi connectivity index (χ1n) is 8.31. The second-order valence-electron chi connectivity index (χ2n) is 5.95. The Bertz CT molecular complexity index is 871. The number of fused-ring (bicyclic) bond motifs is 1. The summed E-state index contributed by atoms with van der Waals surface area (Å²) in [5.74, 6) is 0. The number of thioether (sulfide) groups is 1. The maximum Gasteiger partial charge on any atom is 0.105 e. The van der Waals surface area contributed by atoms with Gasteiger partial charge in [0.2, 0.25) is 0 Å². The first kappa shape index (κ1) is 15.2. The van der Waals surface area contributed by atoms with E-state index in [2.05, 4.69) is 73.7 Å². The lowest BCUT2D eigenvalue weighted by Gasteiger charge is -2.28. The van der Waals surface area contributed by atoms with Gasteiger partial charge in [-0.05, 0) is 29.7 Å². The van der Waals surface area contributed by atoms with Crippen LogP contribution in [-0.2, 0) is 4.75 Å². The highest BCUT2D eigenvalue weighted by Gasteiger charge is 2.42. The molecule has 0 aliphatic carbocycles. The summed E-state index contributed by atoms with van der Waals surface area (Å²) >= 11 is 1.88. The van der Waals surface area contributed by atoms with Gasteiger partial charge in [0.15, 0.2) is 0 Å². The smallest absolute Gasteiger partial charge is 0.105 e. The molecule has 0 fully saturated rings. The quantitative estimate of drug-likeness (QED) is 0.560. The van der Waals surface area contributed by atoms with Gasteiger partial charge in [0.1, 0.15) is 5.04 Å². The molecule has 0 bridgehead atoms. The van der Waals surface area contributed by atoms with Crippen LogP contribution in [0.2, 0.25) is 0 Å². The van der Waals surface area contributed by atoms with Crippen molar-refractivity contribution in [1.82, 2.24) is 0 Å². The molecule has 0 saturated heterocycles. The Hall–Kier alpha value is -2.32. The summed E-state index contributed by atoms with van der Waals surface area (Å²) in [6, 6.07) is 29.7. The van der Waals surface area contributed by atoms with E-state index in [-0.39, 0.29) is 4.75 Å². The molecule has 118 valence electrons. The van der Waals surface area contributed by atoms with Crippen LogP contribution in [0.15, 0.2) is 89.9 Å². The lowest BCUT2D eigenvalue weighted by atomic mass is 9.86. The number of para-hydroxylation sites is 1. The molecular formula is C22H19NS. The fourth-order valence-electron chi connectivity index (χ4n) is 3.39. The summed E-state index contributed by atoms with van der Waals surface area (Å²) in [7, 11) is 0. The van der Waals surface area contributed by atoms with E-state index in [0.29, 0.717) is 0 Å². The Morgan fingerprint density at radius 3 is 2.12 bits per heavy atom. The van der Waals surface area contributed by atoms with Crippen molar-refractivity contribution in [2.75, 3.05) is 0 Å². The minimum absolute atomic E-state index is 0.0501. The number of hydrogen-bond acceptors (Lipinski definition) is 2. The molecule has 1 heterocycles. The SMILES string of the molecule is CCC1(c2ccccc2)SC(=Nc2ccccc2)c2ccccc21. The van der Waals surface area contributed by atoms with Gasteiger partial charge in [-0.15, -0.1) is 0 Å². The second kappa shape index (κ2) is 6.29. The number of hydrogen-bond donors (Lipinski definition) is 0. The van der Waals surface area contributed by atoms with Crippen LogP contribution in [0.25, 0.3) is 0 Å². The van der Waals surface area contributed by atoms with Gasteiger partial charge in [0.05, 0.1) is 10.4 Å². The van der Waals surface area contributed by atoms with Crippen LogP contribution in [0.3, 0.4) is 0 Å². The fraction of sp³-hybridized carbons (Fsp3) is 0.136. The van der Waals surface area contributed by atoms with Crippen molar-refractivity contribution in [3.05, 3.63) is 102 Å². The van der Waals surface area contributed by atoms with Gasteiger partial charge in [-0.25, -0.2) is 4.99 Å². The molecule has 0 N–H and O–H groups in total. The first-order valence-corrected chi connectivity index (χ1v) is 9.13. The van der Waals surface area contributed by atoms with Gasteiger partial charge in [-0.3, -0.25) is 0 Å². The fourth-order valence-corrected chi connectivity index (χ4v) is 4.84. The normalized spacial score (nSPS) is 21.0. The molecule has 3 aromatic carbocycles. The van der Waals surface area contributed by atoms with Crippen molar-refractivity contribution < 1.29 is 0 Å². The van der Waals surface area contributed by atoms with E-state index < -0.39 is 0 Å². The number of benzene rings is 3. The van der Waals surface area contributed by atoms with Crippen molar-refractivity contribution in [2.24, 2.45) is 4.99 Å². The largest absolute Gasteiger partial charge is 0.241 e. The molecule has 0 saturated carbocycles. The molecule has 1 aliphatic heterocycles. The Morgan fingerprint density at radius 1 is 0.792 bits per heavy atom. The van der Waals surface area contributed by atoms with Crippen LogP contribution in [-0.4, -0.2) is 5.04 Å². The van der Waals surface area contributed by atoms with Gasteiger partial charge in [0, 0.05) is 5.56 Å². The van der Waals surface area contributed by atoms with Crippen LogP contribution in [0.1, 0.15) is 30.0 Å². The molecule has 0 aromatic heterocycles. The lowest BCUT2D eigenvalue weighted by Crippen LogP contribution is -2.19. The molecule has 1 unspecified atom stereocenters. The summed E-state index contributed by atoms with van der Waals surface area (Å²) in [5.41, 5.74) is 4.99. The van der Waals surface area contributed by atoms with Gasteiger partial charge in [0.25, 0.3) is 0 Å². The maximum atomic E-state index is 4.95. The van der Waals surface area contributed by atoms with Gasteiger partial charge in [-0.2, -0.15) is 0 Å². The Balaban J connectivity index is 1.89. The van der Waals surface area contributed by atoms with E-state index in [9.17, 15) is 0 Å². The molecule has 0 spiro atoms. The molecular weight excluding hydrogens is 310 g/mol. The van der Waals surface area contributed by atoms with Crippen molar-refractivity contribution in [3.63, 3.8) is 0 Å². The van der Waals surface area contributed by atoms with E-state index in [1.54, 1.807) is 0 Å². The van der Waals surface area contributed by atoms with Crippen LogP contribution >= 0.6 is 11.8 Å². The zero-order valence-electron chi connectivity index (χ0n) is 13.6. The molecule has 0 amide bonds. The predicted octanol–water partition coefficient (Wildman–Crippen LogP) is 6.17. The molecule has 0 radical (unpaired) electrons. The molecule has 1 aliphatic rings. The topological polar surface area (TPSA) is 12.4 Å². The third kappa shape index (κ3) is 2.47. The maximum absolute atomic E-state index is 4.95. The third-order valence-electron chi connectivity index (χ3n) is 4.59.